The van der Waals surface area contributed by atoms with E-state index >= 15 is 0 Å². The second-order valence-electron chi connectivity index (χ2n) is 2.83. The molecule has 0 amide bonds. The van der Waals surface area contributed by atoms with E-state index in [1.165, 1.54) is 6.92 Å². The van der Waals surface area contributed by atoms with Crippen LogP contribution in [0, 0.1) is 6.92 Å². The third-order valence-electron chi connectivity index (χ3n) is 1.63. The maximum atomic E-state index is 11.0. The lowest BCUT2D eigenvalue weighted by molar-refractivity contribution is -0.133. The first-order valence-electron chi connectivity index (χ1n) is 4.10. The highest BCUT2D eigenvalue weighted by Crippen LogP contribution is 2.20. The quantitative estimate of drug-likeness (QED) is 0.501. The fraction of sp³-hybridized carbons (Fsp3) is 0.250. The summed E-state index contributed by atoms with van der Waals surface area (Å²) in [6.07, 6.45) is 0. The lowest BCUT2D eigenvalue weighted by atomic mass is 10.2. The summed E-state index contributed by atoms with van der Waals surface area (Å²) in [4.78, 5) is 37.9. The monoisotopic (exact) mass is 244 g/mol. The third-order valence-corrected chi connectivity index (χ3v) is 2.59. The number of aromatic amines is 1. The molecular weight excluding hydrogens is 236 g/mol. The van der Waals surface area contributed by atoms with Gasteiger partial charge in [0.1, 0.15) is 10.6 Å². The predicted molar refractivity (Wildman–Crippen MR) is 54.9 cm³/mol. The first-order valence-corrected chi connectivity index (χ1v) is 5.09. The van der Waals surface area contributed by atoms with Gasteiger partial charge in [0.15, 0.2) is 0 Å². The number of aromatic nitrogens is 2. The minimum atomic E-state index is -1.26. The molecule has 0 radical (unpaired) electrons. The number of carbonyl (C=O) groups is 2. The highest BCUT2D eigenvalue weighted by molar-refractivity contribution is 7.99. The molecule has 1 rings (SSSR count). The fourth-order valence-electron chi connectivity index (χ4n) is 1.05. The molecule has 3 N–H and O–H groups in total. The average Bonchev–Trinajstić information content (AvgIpc) is 2.12. The molecule has 0 bridgehead atoms. The van der Waals surface area contributed by atoms with Crippen LogP contribution < -0.4 is 5.69 Å². The van der Waals surface area contributed by atoms with Gasteiger partial charge in [-0.2, -0.15) is 4.98 Å². The van der Waals surface area contributed by atoms with Gasteiger partial charge in [0.2, 0.25) is 0 Å². The summed E-state index contributed by atoms with van der Waals surface area (Å²) in [6.45, 7) is 1.41. The number of thioether (sulfide) groups is 1. The van der Waals surface area contributed by atoms with Gasteiger partial charge in [-0.25, -0.2) is 9.59 Å². The largest absolute Gasteiger partial charge is 0.481 e. The van der Waals surface area contributed by atoms with E-state index in [1.807, 2.05) is 0 Å². The molecule has 0 aliphatic carbocycles. The predicted octanol–water partition coefficient (Wildman–Crippen LogP) is -0.0468. The Bertz CT molecular complexity index is 496. The Kier molecular flexibility index (Phi) is 3.67. The van der Waals surface area contributed by atoms with Crippen molar-refractivity contribution in [2.45, 2.75) is 11.9 Å². The first kappa shape index (κ1) is 12.2. The van der Waals surface area contributed by atoms with E-state index in [9.17, 15) is 14.4 Å². The molecule has 7 nitrogen and oxygen atoms in total. The Hall–Kier alpha value is -1.83. The van der Waals surface area contributed by atoms with E-state index in [0.717, 1.165) is 0 Å². The van der Waals surface area contributed by atoms with E-state index in [2.05, 4.69) is 9.97 Å². The number of hydrogen-bond acceptors (Lipinski definition) is 5. The summed E-state index contributed by atoms with van der Waals surface area (Å²) >= 11 is 0.700. The minimum absolute atomic E-state index is 0.0869. The number of aliphatic carboxylic acids is 1. The lowest BCUT2D eigenvalue weighted by Gasteiger charge is -2.05. The van der Waals surface area contributed by atoms with Crippen molar-refractivity contribution in [3.63, 3.8) is 0 Å². The van der Waals surface area contributed by atoms with E-state index in [0.29, 0.717) is 11.8 Å². The number of carboxylic acid groups (broad SMARTS) is 2. The summed E-state index contributed by atoms with van der Waals surface area (Å²) in [5.74, 6) is -2.72. The molecule has 8 heteroatoms. The van der Waals surface area contributed by atoms with Gasteiger partial charge in [-0.05, 0) is 6.92 Å². The second kappa shape index (κ2) is 4.79. The summed E-state index contributed by atoms with van der Waals surface area (Å²) in [5, 5.41) is 17.3. The molecule has 0 fully saturated rings. The Morgan fingerprint density at radius 1 is 1.44 bits per heavy atom. The van der Waals surface area contributed by atoms with Crippen molar-refractivity contribution in [3.8, 4) is 0 Å². The van der Waals surface area contributed by atoms with Gasteiger partial charge in [-0.15, -0.1) is 0 Å². The molecule has 86 valence electrons. The standard InChI is InChI=1S/C8H8N2O5S/c1-3-5(7(13)14)6(10-8(15)9-3)16-2-4(11)12/h2H2,1H3,(H,11,12)(H,13,14)(H,9,10,15). The van der Waals surface area contributed by atoms with Crippen molar-refractivity contribution in [3.05, 3.63) is 21.7 Å². The molecule has 16 heavy (non-hydrogen) atoms. The zero-order chi connectivity index (χ0) is 12.3. The van der Waals surface area contributed by atoms with Gasteiger partial charge in [0.25, 0.3) is 0 Å². The highest BCUT2D eigenvalue weighted by Gasteiger charge is 2.17. The number of aromatic carboxylic acids is 1. The average molecular weight is 244 g/mol. The third kappa shape index (κ3) is 2.83. The van der Waals surface area contributed by atoms with E-state index in [4.69, 9.17) is 10.2 Å². The lowest BCUT2D eigenvalue weighted by Crippen LogP contribution is -2.18. The summed E-state index contributed by atoms with van der Waals surface area (Å²) < 4.78 is 0. The molecule has 0 atom stereocenters. The summed E-state index contributed by atoms with van der Waals surface area (Å²) in [7, 11) is 0. The second-order valence-corrected chi connectivity index (χ2v) is 3.80. The Morgan fingerprint density at radius 3 is 2.56 bits per heavy atom. The van der Waals surface area contributed by atoms with E-state index < -0.39 is 17.6 Å². The number of nitrogens with one attached hydrogen (secondary N) is 1. The number of carboxylic acids is 2. The van der Waals surface area contributed by atoms with Crippen LogP contribution in [0.2, 0.25) is 0 Å². The normalized spacial score (nSPS) is 10.1. The van der Waals surface area contributed by atoms with E-state index in [-0.39, 0.29) is 22.0 Å². The van der Waals surface area contributed by atoms with Gasteiger partial charge in [0, 0.05) is 5.69 Å². The van der Waals surface area contributed by atoms with Crippen molar-refractivity contribution < 1.29 is 19.8 Å². The number of rotatable bonds is 4. The summed E-state index contributed by atoms with van der Waals surface area (Å²) in [5.41, 5.74) is -0.721. The summed E-state index contributed by atoms with van der Waals surface area (Å²) in [6, 6.07) is 0. The zero-order valence-electron chi connectivity index (χ0n) is 8.18. The Balaban J connectivity index is 3.19. The van der Waals surface area contributed by atoms with Gasteiger partial charge < -0.3 is 15.2 Å². The van der Waals surface area contributed by atoms with Crippen molar-refractivity contribution in [2.24, 2.45) is 0 Å². The van der Waals surface area contributed by atoms with Crippen LogP contribution in [0.5, 0.6) is 0 Å². The van der Waals surface area contributed by atoms with Crippen LogP contribution in [0.15, 0.2) is 9.82 Å². The maximum absolute atomic E-state index is 11.0. The molecule has 1 aromatic rings. The van der Waals surface area contributed by atoms with Crippen LogP contribution in [0.25, 0.3) is 0 Å². The minimum Gasteiger partial charge on any atom is -0.481 e. The van der Waals surface area contributed by atoms with Crippen molar-refractivity contribution in [1.29, 1.82) is 0 Å². The topological polar surface area (TPSA) is 120 Å². The van der Waals surface area contributed by atoms with Crippen LogP contribution in [-0.2, 0) is 4.79 Å². The number of H-pyrrole nitrogens is 1. The fourth-order valence-corrected chi connectivity index (χ4v) is 1.84. The molecule has 0 aromatic carbocycles. The molecule has 1 heterocycles. The number of nitrogens with zero attached hydrogens (tertiary/aromatic N) is 1. The molecular formula is C8H8N2O5S. The smallest absolute Gasteiger partial charge is 0.346 e. The van der Waals surface area contributed by atoms with Crippen LogP contribution in [0.1, 0.15) is 16.1 Å². The highest BCUT2D eigenvalue weighted by atomic mass is 32.2. The van der Waals surface area contributed by atoms with Crippen molar-refractivity contribution in [1.82, 2.24) is 9.97 Å². The molecule has 0 unspecified atom stereocenters. The van der Waals surface area contributed by atoms with Gasteiger partial charge >= 0.3 is 17.6 Å². The molecule has 0 saturated carbocycles. The number of aryl methyl sites for hydroxylation is 1. The van der Waals surface area contributed by atoms with E-state index in [1.54, 1.807) is 0 Å². The van der Waals surface area contributed by atoms with Crippen LogP contribution in [-0.4, -0.2) is 37.9 Å². The SMILES string of the molecule is Cc1[nH]c(=O)nc(SCC(=O)O)c1C(=O)O. The molecule has 0 aliphatic rings. The zero-order valence-corrected chi connectivity index (χ0v) is 9.00. The van der Waals surface area contributed by atoms with Gasteiger partial charge in [0.05, 0.1) is 5.75 Å². The van der Waals surface area contributed by atoms with Gasteiger partial charge in [-0.3, -0.25) is 4.79 Å². The van der Waals surface area contributed by atoms with Crippen LogP contribution in [0.4, 0.5) is 0 Å². The van der Waals surface area contributed by atoms with Crippen molar-refractivity contribution >= 4 is 23.7 Å². The first-order chi connectivity index (χ1) is 7.41. The maximum Gasteiger partial charge on any atom is 0.346 e. The molecule has 1 aromatic heterocycles. The molecule has 0 aliphatic heterocycles. The molecule has 0 saturated heterocycles. The Labute approximate surface area is 93.5 Å². The van der Waals surface area contributed by atoms with Gasteiger partial charge in [-0.1, -0.05) is 11.8 Å². The van der Waals surface area contributed by atoms with Crippen LogP contribution in [0.3, 0.4) is 0 Å². The van der Waals surface area contributed by atoms with Crippen molar-refractivity contribution in [2.75, 3.05) is 5.75 Å². The Morgan fingerprint density at radius 2 is 2.06 bits per heavy atom. The molecule has 0 spiro atoms. The number of hydrogen-bond donors (Lipinski definition) is 3. The van der Waals surface area contributed by atoms with Crippen LogP contribution >= 0.6 is 11.8 Å².